The number of hydrogen-bond acceptors (Lipinski definition) is 3. The third kappa shape index (κ3) is 5.19. The van der Waals surface area contributed by atoms with Gasteiger partial charge in [-0.05, 0) is 73.0 Å². The number of halogens is 3. The van der Waals surface area contributed by atoms with E-state index >= 15 is 0 Å². The molecule has 0 spiro atoms. The Morgan fingerprint density at radius 1 is 0.906 bits per heavy atom. The van der Waals surface area contributed by atoms with Gasteiger partial charge in [-0.3, -0.25) is 9.21 Å². The van der Waals surface area contributed by atoms with Crippen LogP contribution in [0.2, 0.25) is 0 Å². The molecule has 8 heteroatoms. The topological polar surface area (TPSA) is 40.6 Å². The van der Waals surface area contributed by atoms with Crippen molar-refractivity contribution in [1.82, 2.24) is 4.90 Å². The molecule has 1 saturated heterocycles. The molecule has 0 N–H and O–H groups in total. The molecule has 0 aliphatic carbocycles. The summed E-state index contributed by atoms with van der Waals surface area (Å²) in [6, 6.07) is 18.3. The average molecular weight is 521 g/mol. The maximum absolute atomic E-state index is 14.0. The van der Waals surface area contributed by atoms with E-state index in [0.717, 1.165) is 10.0 Å². The van der Waals surface area contributed by atoms with Crippen molar-refractivity contribution >= 4 is 31.6 Å². The lowest BCUT2D eigenvalue weighted by Crippen LogP contribution is -2.47. The second-order valence-electron chi connectivity index (χ2n) is 7.87. The van der Waals surface area contributed by atoms with E-state index in [0.29, 0.717) is 38.2 Å². The van der Waals surface area contributed by atoms with Gasteiger partial charge < -0.3 is 0 Å². The van der Waals surface area contributed by atoms with E-state index in [1.54, 1.807) is 42.5 Å². The van der Waals surface area contributed by atoms with Crippen molar-refractivity contribution in [3.05, 3.63) is 94.5 Å². The summed E-state index contributed by atoms with van der Waals surface area (Å²) in [7, 11) is -3.88. The van der Waals surface area contributed by atoms with E-state index in [1.165, 1.54) is 34.6 Å². The molecule has 0 amide bonds. The average Bonchev–Trinajstić information content (AvgIpc) is 2.77. The summed E-state index contributed by atoms with van der Waals surface area (Å²) in [5, 5.41) is 0. The lowest BCUT2D eigenvalue weighted by Gasteiger charge is -2.39. The summed E-state index contributed by atoms with van der Waals surface area (Å²) in [5.41, 5.74) is 1.33. The van der Waals surface area contributed by atoms with E-state index in [1.807, 2.05) is 0 Å². The van der Waals surface area contributed by atoms with Gasteiger partial charge in [-0.25, -0.2) is 17.2 Å². The van der Waals surface area contributed by atoms with Crippen molar-refractivity contribution in [2.24, 2.45) is 0 Å². The molecule has 0 saturated carbocycles. The minimum atomic E-state index is -3.88. The minimum Gasteiger partial charge on any atom is -0.299 e. The molecular formula is C24H23BrF2N2O2S. The van der Waals surface area contributed by atoms with Crippen LogP contribution in [-0.4, -0.2) is 32.4 Å². The Hall–Kier alpha value is -2.29. The van der Waals surface area contributed by atoms with Gasteiger partial charge in [0, 0.05) is 30.1 Å². The lowest BCUT2D eigenvalue weighted by molar-refractivity contribution is 0.206. The molecule has 168 valence electrons. The highest BCUT2D eigenvalue weighted by Gasteiger charge is 2.34. The molecule has 0 radical (unpaired) electrons. The van der Waals surface area contributed by atoms with E-state index in [4.69, 9.17) is 0 Å². The van der Waals surface area contributed by atoms with E-state index in [9.17, 15) is 17.2 Å². The van der Waals surface area contributed by atoms with Crippen LogP contribution in [0, 0.1) is 11.6 Å². The zero-order valence-corrected chi connectivity index (χ0v) is 19.7. The van der Waals surface area contributed by atoms with Crippen molar-refractivity contribution in [2.45, 2.75) is 30.3 Å². The summed E-state index contributed by atoms with van der Waals surface area (Å²) in [4.78, 5) is 2.39. The number of hydrogen-bond donors (Lipinski definition) is 0. The van der Waals surface area contributed by atoms with Gasteiger partial charge in [0.15, 0.2) is 0 Å². The van der Waals surface area contributed by atoms with Gasteiger partial charge >= 0.3 is 0 Å². The quantitative estimate of drug-likeness (QED) is 0.425. The molecule has 0 bridgehead atoms. The first-order valence-corrected chi connectivity index (χ1v) is 12.6. The summed E-state index contributed by atoms with van der Waals surface area (Å²) in [5.74, 6) is -0.747. The van der Waals surface area contributed by atoms with Gasteiger partial charge in [-0.15, -0.1) is 0 Å². The molecule has 4 nitrogen and oxygen atoms in total. The van der Waals surface area contributed by atoms with Gasteiger partial charge in [0.25, 0.3) is 10.0 Å². The van der Waals surface area contributed by atoms with E-state index in [2.05, 4.69) is 20.8 Å². The maximum Gasteiger partial charge on any atom is 0.264 e. The standard InChI is InChI=1S/C24H23BrF2N2O2S/c25-19-6-10-24(11-7-19)32(30,31)29(23-3-1-2-21(27)16-23)22-12-14-28(15-13-22)17-18-4-8-20(26)9-5-18/h1-11,16,22H,12-15,17H2. The maximum atomic E-state index is 14.0. The Kier molecular flexibility index (Phi) is 6.93. The molecule has 0 unspecified atom stereocenters. The third-order valence-corrected chi connectivity index (χ3v) is 8.06. The fraction of sp³-hybridized carbons (Fsp3) is 0.250. The fourth-order valence-electron chi connectivity index (χ4n) is 4.04. The Morgan fingerprint density at radius 3 is 2.19 bits per heavy atom. The second kappa shape index (κ2) is 9.68. The smallest absolute Gasteiger partial charge is 0.264 e. The highest BCUT2D eigenvalue weighted by atomic mass is 79.9. The van der Waals surface area contributed by atoms with Gasteiger partial charge in [-0.2, -0.15) is 0 Å². The van der Waals surface area contributed by atoms with Crippen molar-refractivity contribution in [2.75, 3.05) is 17.4 Å². The van der Waals surface area contributed by atoms with Crippen LogP contribution in [-0.2, 0) is 16.6 Å². The predicted molar refractivity (Wildman–Crippen MR) is 125 cm³/mol. The van der Waals surface area contributed by atoms with Crippen LogP contribution in [0.3, 0.4) is 0 Å². The number of benzene rings is 3. The third-order valence-electron chi connectivity index (χ3n) is 5.64. The fourth-order valence-corrected chi connectivity index (χ4v) is 6.01. The first-order valence-electron chi connectivity index (χ1n) is 10.4. The Labute approximate surface area is 195 Å². The normalized spacial score (nSPS) is 15.6. The summed E-state index contributed by atoms with van der Waals surface area (Å²) < 4.78 is 56.5. The molecular weight excluding hydrogens is 498 g/mol. The number of anilines is 1. The molecule has 1 fully saturated rings. The number of nitrogens with zero attached hydrogens (tertiary/aromatic N) is 2. The molecule has 4 rings (SSSR count). The minimum absolute atomic E-state index is 0.165. The van der Waals surface area contributed by atoms with Crippen molar-refractivity contribution < 1.29 is 17.2 Å². The summed E-state index contributed by atoms with van der Waals surface area (Å²) >= 11 is 3.33. The molecule has 1 aliphatic rings. The zero-order valence-electron chi connectivity index (χ0n) is 17.3. The Balaban J connectivity index is 1.57. The first kappa shape index (κ1) is 22.9. The van der Waals surface area contributed by atoms with E-state index < -0.39 is 15.8 Å². The van der Waals surface area contributed by atoms with Crippen LogP contribution in [0.25, 0.3) is 0 Å². The van der Waals surface area contributed by atoms with Crippen molar-refractivity contribution in [3.63, 3.8) is 0 Å². The van der Waals surface area contributed by atoms with Crippen LogP contribution in [0.5, 0.6) is 0 Å². The molecule has 0 atom stereocenters. The van der Waals surface area contributed by atoms with E-state index in [-0.39, 0.29) is 16.8 Å². The Bertz CT molecular complexity index is 1160. The predicted octanol–water partition coefficient (Wildman–Crippen LogP) is 5.59. The zero-order chi connectivity index (χ0) is 22.7. The highest BCUT2D eigenvalue weighted by Crippen LogP contribution is 2.31. The van der Waals surface area contributed by atoms with Crippen molar-refractivity contribution in [1.29, 1.82) is 0 Å². The molecule has 1 heterocycles. The second-order valence-corrected chi connectivity index (χ2v) is 10.6. The molecule has 3 aromatic carbocycles. The monoisotopic (exact) mass is 520 g/mol. The number of rotatable bonds is 6. The van der Waals surface area contributed by atoms with Crippen LogP contribution >= 0.6 is 15.9 Å². The number of likely N-dealkylation sites (tertiary alicyclic amines) is 1. The van der Waals surface area contributed by atoms with Gasteiger partial charge in [-0.1, -0.05) is 34.1 Å². The molecule has 3 aromatic rings. The molecule has 0 aromatic heterocycles. The number of piperidine rings is 1. The Morgan fingerprint density at radius 2 is 1.56 bits per heavy atom. The number of sulfonamides is 1. The van der Waals surface area contributed by atoms with Crippen LogP contribution < -0.4 is 4.31 Å². The van der Waals surface area contributed by atoms with Crippen LogP contribution in [0.4, 0.5) is 14.5 Å². The molecule has 1 aliphatic heterocycles. The summed E-state index contributed by atoms with van der Waals surface area (Å²) in [6.07, 6.45) is 1.21. The highest BCUT2D eigenvalue weighted by molar-refractivity contribution is 9.10. The largest absolute Gasteiger partial charge is 0.299 e. The summed E-state index contributed by atoms with van der Waals surface area (Å²) in [6.45, 7) is 2.04. The van der Waals surface area contributed by atoms with Crippen LogP contribution in [0.15, 0.2) is 82.2 Å². The lowest BCUT2D eigenvalue weighted by atomic mass is 10.0. The van der Waals surface area contributed by atoms with Gasteiger partial charge in [0.1, 0.15) is 11.6 Å². The van der Waals surface area contributed by atoms with Gasteiger partial charge in [0.05, 0.1) is 10.6 Å². The van der Waals surface area contributed by atoms with Crippen molar-refractivity contribution in [3.8, 4) is 0 Å². The SMILES string of the molecule is O=S(=O)(c1ccc(Br)cc1)N(c1cccc(F)c1)C1CCN(Cc2ccc(F)cc2)CC1. The van der Waals surface area contributed by atoms with Gasteiger partial charge in [0.2, 0.25) is 0 Å². The first-order chi connectivity index (χ1) is 15.3. The van der Waals surface area contributed by atoms with Crippen LogP contribution in [0.1, 0.15) is 18.4 Å². The molecule has 32 heavy (non-hydrogen) atoms.